The van der Waals surface area contributed by atoms with Gasteiger partial charge in [-0.3, -0.25) is 0 Å². The van der Waals surface area contributed by atoms with E-state index in [4.69, 9.17) is 10.5 Å². The molecule has 5 heteroatoms. The predicted octanol–water partition coefficient (Wildman–Crippen LogP) is 1.30. The molecule has 0 saturated carbocycles. The second-order valence-electron chi connectivity index (χ2n) is 4.29. The van der Waals surface area contributed by atoms with Crippen LogP contribution in [0.4, 0.5) is 11.5 Å². The van der Waals surface area contributed by atoms with Crippen molar-refractivity contribution in [2.45, 2.75) is 19.8 Å². The molecule has 2 heterocycles. The van der Waals surface area contributed by atoms with Crippen molar-refractivity contribution < 1.29 is 4.74 Å². The number of nitrogens with zero attached hydrogens (tertiary/aromatic N) is 3. The van der Waals surface area contributed by atoms with Gasteiger partial charge in [0.05, 0.1) is 7.11 Å². The number of hydrogen-bond donors (Lipinski definition) is 1. The van der Waals surface area contributed by atoms with Gasteiger partial charge in [-0.15, -0.1) is 0 Å². The molecule has 0 radical (unpaired) electrons. The third-order valence-electron chi connectivity index (χ3n) is 3.10. The summed E-state index contributed by atoms with van der Waals surface area (Å²) in [4.78, 5) is 10.4. The number of piperidine rings is 1. The highest BCUT2D eigenvalue weighted by Gasteiger charge is 2.20. The number of methoxy groups -OCH3 is 1. The molecule has 1 aliphatic rings. The van der Waals surface area contributed by atoms with Gasteiger partial charge in [-0.1, -0.05) is 6.92 Å². The summed E-state index contributed by atoms with van der Waals surface area (Å²) >= 11 is 0. The minimum absolute atomic E-state index is 0.462. The second kappa shape index (κ2) is 4.55. The van der Waals surface area contributed by atoms with Crippen LogP contribution in [0.15, 0.2) is 6.33 Å². The quantitative estimate of drug-likeness (QED) is 0.817. The molecule has 88 valence electrons. The van der Waals surface area contributed by atoms with Crippen LogP contribution in [0, 0.1) is 5.92 Å². The Kier molecular flexibility index (Phi) is 3.12. The average molecular weight is 222 g/mol. The lowest BCUT2D eigenvalue weighted by molar-refractivity contribution is 0.398. The summed E-state index contributed by atoms with van der Waals surface area (Å²) in [6.45, 7) is 4.29. The molecule has 1 fully saturated rings. The average Bonchev–Trinajstić information content (AvgIpc) is 2.31. The van der Waals surface area contributed by atoms with E-state index in [9.17, 15) is 0 Å². The van der Waals surface area contributed by atoms with Crippen LogP contribution in [0.25, 0.3) is 0 Å². The Bertz CT molecular complexity index is 361. The largest absolute Gasteiger partial charge is 0.479 e. The van der Waals surface area contributed by atoms with Crippen molar-refractivity contribution in [2.24, 2.45) is 5.92 Å². The SMILES string of the molecule is COc1ncnc(N2CCC(C)CC2)c1N. The monoisotopic (exact) mass is 222 g/mol. The molecule has 0 amide bonds. The number of ether oxygens (including phenoxy) is 1. The van der Waals surface area contributed by atoms with Crippen molar-refractivity contribution in [3.63, 3.8) is 0 Å². The number of anilines is 2. The Morgan fingerprint density at radius 3 is 2.69 bits per heavy atom. The lowest BCUT2D eigenvalue weighted by atomic mass is 9.99. The predicted molar refractivity (Wildman–Crippen MR) is 63.6 cm³/mol. The van der Waals surface area contributed by atoms with Crippen LogP contribution in [0.2, 0.25) is 0 Å². The molecule has 0 bridgehead atoms. The first-order valence-electron chi connectivity index (χ1n) is 5.61. The van der Waals surface area contributed by atoms with Crippen LogP contribution in [-0.4, -0.2) is 30.2 Å². The van der Waals surface area contributed by atoms with Crippen molar-refractivity contribution in [1.82, 2.24) is 9.97 Å². The minimum Gasteiger partial charge on any atom is -0.479 e. The van der Waals surface area contributed by atoms with Crippen molar-refractivity contribution in [1.29, 1.82) is 0 Å². The van der Waals surface area contributed by atoms with Gasteiger partial charge in [0.2, 0.25) is 5.88 Å². The van der Waals surface area contributed by atoms with Gasteiger partial charge in [0.1, 0.15) is 12.0 Å². The first-order chi connectivity index (χ1) is 7.72. The van der Waals surface area contributed by atoms with E-state index in [1.54, 1.807) is 7.11 Å². The van der Waals surface area contributed by atoms with Crippen LogP contribution in [0.5, 0.6) is 5.88 Å². The van der Waals surface area contributed by atoms with E-state index in [1.165, 1.54) is 19.2 Å². The van der Waals surface area contributed by atoms with Crippen molar-refractivity contribution >= 4 is 11.5 Å². The fraction of sp³-hybridized carbons (Fsp3) is 0.636. The van der Waals surface area contributed by atoms with Crippen LogP contribution in [-0.2, 0) is 0 Å². The first-order valence-corrected chi connectivity index (χ1v) is 5.61. The molecule has 0 aromatic carbocycles. The van der Waals surface area contributed by atoms with E-state index in [0.717, 1.165) is 24.8 Å². The number of nitrogens with two attached hydrogens (primary N) is 1. The zero-order valence-electron chi connectivity index (χ0n) is 9.81. The summed E-state index contributed by atoms with van der Waals surface area (Å²) in [6, 6.07) is 0. The van der Waals surface area contributed by atoms with Gasteiger partial charge in [0.25, 0.3) is 0 Å². The summed E-state index contributed by atoms with van der Waals surface area (Å²) in [5, 5.41) is 0. The van der Waals surface area contributed by atoms with Crippen LogP contribution < -0.4 is 15.4 Å². The number of nitrogen functional groups attached to an aromatic ring is 1. The minimum atomic E-state index is 0.462. The van der Waals surface area contributed by atoms with E-state index in [2.05, 4.69) is 21.8 Å². The van der Waals surface area contributed by atoms with E-state index in [1.807, 2.05) is 0 Å². The molecular formula is C11H18N4O. The molecule has 5 nitrogen and oxygen atoms in total. The van der Waals surface area contributed by atoms with Crippen molar-refractivity contribution in [3.05, 3.63) is 6.33 Å². The Labute approximate surface area is 95.6 Å². The Morgan fingerprint density at radius 1 is 1.38 bits per heavy atom. The van der Waals surface area contributed by atoms with Gasteiger partial charge in [-0.05, 0) is 18.8 Å². The van der Waals surface area contributed by atoms with Gasteiger partial charge >= 0.3 is 0 Å². The maximum absolute atomic E-state index is 5.97. The molecule has 16 heavy (non-hydrogen) atoms. The van der Waals surface area contributed by atoms with E-state index in [-0.39, 0.29) is 0 Å². The molecule has 1 saturated heterocycles. The number of rotatable bonds is 2. The molecule has 0 aliphatic carbocycles. The maximum Gasteiger partial charge on any atom is 0.242 e. The normalized spacial score (nSPS) is 17.5. The van der Waals surface area contributed by atoms with Crippen LogP contribution in [0.3, 0.4) is 0 Å². The van der Waals surface area contributed by atoms with Gasteiger partial charge in [0, 0.05) is 13.1 Å². The number of hydrogen-bond acceptors (Lipinski definition) is 5. The van der Waals surface area contributed by atoms with Gasteiger partial charge in [0.15, 0.2) is 5.82 Å². The number of aromatic nitrogens is 2. The second-order valence-corrected chi connectivity index (χ2v) is 4.29. The standard InChI is InChI=1S/C11H18N4O/c1-8-3-5-15(6-4-8)10-9(12)11(16-2)14-7-13-10/h7-8H,3-6,12H2,1-2H3. The third kappa shape index (κ3) is 2.03. The van der Waals surface area contributed by atoms with Gasteiger partial charge < -0.3 is 15.4 Å². The summed E-state index contributed by atoms with van der Waals surface area (Å²) in [7, 11) is 1.57. The van der Waals surface area contributed by atoms with Gasteiger partial charge in [-0.25, -0.2) is 4.98 Å². The lowest BCUT2D eigenvalue weighted by Gasteiger charge is -2.31. The zero-order chi connectivity index (χ0) is 11.5. The van der Waals surface area contributed by atoms with Crippen LogP contribution in [0.1, 0.15) is 19.8 Å². The summed E-state index contributed by atoms with van der Waals surface area (Å²) in [6.07, 6.45) is 3.88. The maximum atomic E-state index is 5.97. The highest BCUT2D eigenvalue weighted by Crippen LogP contribution is 2.30. The van der Waals surface area contributed by atoms with Crippen LogP contribution >= 0.6 is 0 Å². The van der Waals surface area contributed by atoms with Gasteiger partial charge in [-0.2, -0.15) is 4.98 Å². The first kappa shape index (κ1) is 11.0. The molecular weight excluding hydrogens is 204 g/mol. The smallest absolute Gasteiger partial charge is 0.242 e. The summed E-state index contributed by atoms with van der Waals surface area (Å²) in [5.74, 6) is 2.06. The molecule has 0 atom stereocenters. The zero-order valence-corrected chi connectivity index (χ0v) is 9.81. The summed E-state index contributed by atoms with van der Waals surface area (Å²) in [5.41, 5.74) is 6.51. The third-order valence-corrected chi connectivity index (χ3v) is 3.10. The Hall–Kier alpha value is -1.52. The topological polar surface area (TPSA) is 64.3 Å². The van der Waals surface area contributed by atoms with E-state index >= 15 is 0 Å². The fourth-order valence-electron chi connectivity index (χ4n) is 2.01. The van der Waals surface area contributed by atoms with Crippen molar-refractivity contribution in [3.8, 4) is 5.88 Å². The fourth-order valence-corrected chi connectivity index (χ4v) is 2.01. The Morgan fingerprint density at radius 2 is 2.06 bits per heavy atom. The van der Waals surface area contributed by atoms with Crippen molar-refractivity contribution in [2.75, 3.05) is 30.8 Å². The molecule has 0 spiro atoms. The Balaban J connectivity index is 2.20. The molecule has 1 aromatic heterocycles. The molecule has 1 aromatic rings. The lowest BCUT2D eigenvalue weighted by Crippen LogP contribution is -2.34. The summed E-state index contributed by atoms with van der Waals surface area (Å²) < 4.78 is 5.09. The molecule has 1 aliphatic heterocycles. The highest BCUT2D eigenvalue weighted by atomic mass is 16.5. The molecule has 0 unspecified atom stereocenters. The highest BCUT2D eigenvalue weighted by molar-refractivity contribution is 5.67. The van der Waals surface area contributed by atoms with E-state index < -0.39 is 0 Å². The molecule has 2 N–H and O–H groups in total. The molecule has 2 rings (SSSR count). The van der Waals surface area contributed by atoms with E-state index in [0.29, 0.717) is 11.6 Å².